The van der Waals surface area contributed by atoms with E-state index in [1.807, 2.05) is 0 Å². The molecule has 0 aliphatic heterocycles. The van der Waals surface area contributed by atoms with Crippen LogP contribution in [0.25, 0.3) is 11.1 Å². The predicted octanol–water partition coefficient (Wildman–Crippen LogP) is 3.98. The Morgan fingerprint density at radius 1 is 1.33 bits per heavy atom. The topological polar surface area (TPSA) is 47.6 Å². The molecule has 1 unspecified atom stereocenters. The number of carbonyl (C=O) groups excluding carboxylic acids is 1. The normalized spacial score (nSPS) is 11.3. The summed E-state index contributed by atoms with van der Waals surface area (Å²) in [6.45, 7) is 3.02. The largest absolute Gasteiger partial charge is 0.476 e. The maximum Gasteiger partial charge on any atom is 0.249 e. The number of nitrogens with one attached hydrogen (secondary N) is 1. The number of benzene rings is 2. The van der Waals surface area contributed by atoms with Gasteiger partial charge in [0, 0.05) is 12.5 Å². The van der Waals surface area contributed by atoms with Crippen LogP contribution >= 0.6 is 11.6 Å². The number of halogens is 2. The Morgan fingerprint density at radius 2 is 2.00 bits per heavy atom. The van der Waals surface area contributed by atoms with Gasteiger partial charge in [-0.1, -0.05) is 29.7 Å². The van der Waals surface area contributed by atoms with Crippen LogP contribution in [0.4, 0.5) is 4.39 Å². The highest BCUT2D eigenvalue weighted by atomic mass is 35.5. The van der Waals surface area contributed by atoms with Crippen LogP contribution in [-0.4, -0.2) is 12.0 Å². The fraction of sp³-hybridized carbons (Fsp3) is 0.167. The van der Waals surface area contributed by atoms with E-state index in [0.717, 1.165) is 0 Å². The number of hydrogen-bond acceptors (Lipinski definition) is 3. The SMILES string of the molecule is C#CC(C)Oc1cc(-c2ccc(ONC(C)=O)cc2)c(F)cc1Cl. The van der Waals surface area contributed by atoms with E-state index in [9.17, 15) is 9.18 Å². The first kappa shape index (κ1) is 17.6. The van der Waals surface area contributed by atoms with E-state index < -0.39 is 11.9 Å². The van der Waals surface area contributed by atoms with E-state index in [2.05, 4.69) is 11.4 Å². The molecule has 0 fully saturated rings. The van der Waals surface area contributed by atoms with Gasteiger partial charge in [-0.3, -0.25) is 4.79 Å². The highest BCUT2D eigenvalue weighted by Crippen LogP contribution is 2.34. The minimum atomic E-state index is -0.491. The van der Waals surface area contributed by atoms with Gasteiger partial charge in [0.1, 0.15) is 11.6 Å². The van der Waals surface area contributed by atoms with Crippen molar-refractivity contribution in [3.8, 4) is 35.0 Å². The zero-order chi connectivity index (χ0) is 17.7. The van der Waals surface area contributed by atoms with E-state index in [-0.39, 0.29) is 10.9 Å². The molecule has 6 heteroatoms. The average Bonchev–Trinajstić information content (AvgIpc) is 2.55. The molecule has 0 spiro atoms. The number of amides is 1. The Morgan fingerprint density at radius 3 is 2.58 bits per heavy atom. The van der Waals surface area contributed by atoms with Gasteiger partial charge in [-0.15, -0.1) is 6.42 Å². The maximum absolute atomic E-state index is 14.2. The third-order valence-corrected chi connectivity index (χ3v) is 3.33. The van der Waals surface area contributed by atoms with Crippen LogP contribution in [0.3, 0.4) is 0 Å². The van der Waals surface area contributed by atoms with E-state index >= 15 is 0 Å². The highest BCUT2D eigenvalue weighted by molar-refractivity contribution is 6.32. The molecule has 0 aliphatic carbocycles. The van der Waals surface area contributed by atoms with Crippen molar-refractivity contribution in [1.29, 1.82) is 0 Å². The van der Waals surface area contributed by atoms with Gasteiger partial charge in [-0.25, -0.2) is 4.39 Å². The van der Waals surface area contributed by atoms with Crippen LogP contribution < -0.4 is 15.1 Å². The number of carbonyl (C=O) groups is 1. The van der Waals surface area contributed by atoms with E-state index in [1.165, 1.54) is 19.1 Å². The van der Waals surface area contributed by atoms with E-state index in [4.69, 9.17) is 27.6 Å². The molecule has 2 rings (SSSR count). The summed E-state index contributed by atoms with van der Waals surface area (Å²) in [7, 11) is 0. The molecule has 0 heterocycles. The third-order valence-electron chi connectivity index (χ3n) is 3.04. The van der Waals surface area contributed by atoms with Gasteiger partial charge in [-0.05, 0) is 36.8 Å². The smallest absolute Gasteiger partial charge is 0.249 e. The van der Waals surface area contributed by atoms with Crippen molar-refractivity contribution >= 4 is 17.5 Å². The van der Waals surface area contributed by atoms with Crippen molar-refractivity contribution in [2.45, 2.75) is 20.0 Å². The van der Waals surface area contributed by atoms with Crippen LogP contribution in [0, 0.1) is 18.2 Å². The fourth-order valence-electron chi connectivity index (χ4n) is 1.90. The quantitative estimate of drug-likeness (QED) is 0.657. The lowest BCUT2D eigenvalue weighted by Crippen LogP contribution is -2.23. The molecule has 4 nitrogen and oxygen atoms in total. The Kier molecular flexibility index (Phi) is 5.67. The second-order valence-corrected chi connectivity index (χ2v) is 5.38. The minimum absolute atomic E-state index is 0.143. The summed E-state index contributed by atoms with van der Waals surface area (Å²) in [5.41, 5.74) is 3.11. The molecule has 124 valence electrons. The van der Waals surface area contributed by atoms with Crippen LogP contribution in [0.1, 0.15) is 13.8 Å². The van der Waals surface area contributed by atoms with Crippen molar-refractivity contribution in [3.05, 3.63) is 47.2 Å². The lowest BCUT2D eigenvalue weighted by molar-refractivity contribution is -0.125. The summed E-state index contributed by atoms with van der Waals surface area (Å²) in [4.78, 5) is 15.8. The van der Waals surface area contributed by atoms with E-state index in [0.29, 0.717) is 22.6 Å². The van der Waals surface area contributed by atoms with Crippen LogP contribution in [0.5, 0.6) is 11.5 Å². The number of terminal acetylenes is 1. The van der Waals surface area contributed by atoms with E-state index in [1.54, 1.807) is 31.2 Å². The first-order valence-electron chi connectivity index (χ1n) is 7.06. The number of ether oxygens (including phenoxy) is 1. The molecule has 0 radical (unpaired) electrons. The van der Waals surface area contributed by atoms with Gasteiger partial charge in [0.2, 0.25) is 5.91 Å². The maximum atomic E-state index is 14.2. The van der Waals surface area contributed by atoms with Crippen molar-refractivity contribution in [1.82, 2.24) is 5.48 Å². The highest BCUT2D eigenvalue weighted by Gasteiger charge is 2.13. The first-order chi connectivity index (χ1) is 11.4. The third kappa shape index (κ3) is 4.40. The lowest BCUT2D eigenvalue weighted by atomic mass is 10.0. The Hall–Kier alpha value is -2.71. The Bertz CT molecular complexity index is 784. The summed E-state index contributed by atoms with van der Waals surface area (Å²) in [5.74, 6) is 2.32. The van der Waals surface area contributed by atoms with Crippen molar-refractivity contribution in [3.63, 3.8) is 0 Å². The van der Waals surface area contributed by atoms with Crippen molar-refractivity contribution in [2.24, 2.45) is 0 Å². The molecule has 0 aliphatic rings. The molecular weight excluding hydrogens is 333 g/mol. The minimum Gasteiger partial charge on any atom is -0.476 e. The fourth-order valence-corrected chi connectivity index (χ4v) is 2.09. The molecular formula is C18H15ClFNO3. The summed E-state index contributed by atoms with van der Waals surface area (Å²) >= 11 is 5.99. The van der Waals surface area contributed by atoms with Crippen molar-refractivity contribution < 1.29 is 18.8 Å². The Labute approximate surface area is 144 Å². The molecule has 2 aromatic carbocycles. The van der Waals surface area contributed by atoms with Crippen LogP contribution in [0.15, 0.2) is 36.4 Å². The second-order valence-electron chi connectivity index (χ2n) is 4.97. The molecule has 1 atom stereocenters. The van der Waals surface area contributed by atoms with Gasteiger partial charge in [0.25, 0.3) is 0 Å². The van der Waals surface area contributed by atoms with Gasteiger partial charge in [0.15, 0.2) is 11.9 Å². The van der Waals surface area contributed by atoms with Gasteiger partial charge in [-0.2, -0.15) is 5.48 Å². The van der Waals surface area contributed by atoms with Crippen LogP contribution in [0.2, 0.25) is 5.02 Å². The zero-order valence-electron chi connectivity index (χ0n) is 13.1. The average molecular weight is 348 g/mol. The zero-order valence-corrected chi connectivity index (χ0v) is 13.9. The predicted molar refractivity (Wildman–Crippen MR) is 90.2 cm³/mol. The molecule has 1 N–H and O–H groups in total. The first-order valence-corrected chi connectivity index (χ1v) is 7.44. The monoisotopic (exact) mass is 347 g/mol. The molecule has 0 aromatic heterocycles. The summed E-state index contributed by atoms with van der Waals surface area (Å²) < 4.78 is 19.7. The molecule has 0 saturated heterocycles. The molecule has 24 heavy (non-hydrogen) atoms. The van der Waals surface area contributed by atoms with Gasteiger partial charge in [0.05, 0.1) is 5.02 Å². The molecule has 0 bridgehead atoms. The van der Waals surface area contributed by atoms with Gasteiger partial charge < -0.3 is 9.57 Å². The number of hydroxylamine groups is 1. The lowest BCUT2D eigenvalue weighted by Gasteiger charge is -2.13. The van der Waals surface area contributed by atoms with Crippen molar-refractivity contribution in [2.75, 3.05) is 0 Å². The molecule has 2 aromatic rings. The Balaban J connectivity index is 2.29. The standard InChI is InChI=1S/C18H15ClFNO3/c1-4-11(2)23-18-9-15(17(20)10-16(18)19)13-5-7-14(8-6-13)24-21-12(3)22/h1,5-11H,2-3H3,(H,21,22). The summed E-state index contributed by atoms with van der Waals surface area (Å²) in [6.07, 6.45) is 4.79. The summed E-state index contributed by atoms with van der Waals surface area (Å²) in [5, 5.41) is 0.143. The molecule has 1 amide bonds. The molecule has 0 saturated carbocycles. The number of hydrogen-bond donors (Lipinski definition) is 1. The second kappa shape index (κ2) is 7.71. The number of rotatable bonds is 5. The van der Waals surface area contributed by atoms with Gasteiger partial charge >= 0.3 is 0 Å². The summed E-state index contributed by atoms with van der Waals surface area (Å²) in [6, 6.07) is 9.18. The van der Waals surface area contributed by atoms with Crippen LogP contribution in [-0.2, 0) is 4.79 Å².